The first kappa shape index (κ1) is 14.3. The lowest BCUT2D eigenvalue weighted by Crippen LogP contribution is -2.23. The van der Waals surface area contributed by atoms with Gasteiger partial charge in [-0.05, 0) is 52.7 Å². The van der Waals surface area contributed by atoms with Crippen molar-refractivity contribution in [1.29, 1.82) is 0 Å². The Labute approximate surface area is 132 Å². The number of nitrogens with zero attached hydrogens (tertiary/aromatic N) is 1. The van der Waals surface area contributed by atoms with Crippen molar-refractivity contribution in [2.45, 2.75) is 19.4 Å². The predicted molar refractivity (Wildman–Crippen MR) is 88.3 cm³/mol. The molecule has 0 aliphatic rings. The first-order valence-corrected chi connectivity index (χ1v) is 7.90. The minimum Gasteiger partial charge on any atom is -0.466 e. The minimum atomic E-state index is 0.0159. The summed E-state index contributed by atoms with van der Waals surface area (Å²) >= 11 is 3.57. The molecule has 3 nitrogen and oxygen atoms in total. The largest absolute Gasteiger partial charge is 0.466 e. The van der Waals surface area contributed by atoms with Crippen molar-refractivity contribution in [3.63, 3.8) is 0 Å². The Bertz CT molecular complexity index is 733. The van der Waals surface area contributed by atoms with Gasteiger partial charge in [0, 0.05) is 11.6 Å². The number of furan rings is 1. The van der Waals surface area contributed by atoms with E-state index in [1.807, 2.05) is 30.5 Å². The van der Waals surface area contributed by atoms with Crippen LogP contribution in [0.2, 0.25) is 0 Å². The highest BCUT2D eigenvalue weighted by atomic mass is 79.9. The topological polar surface area (TPSA) is 38.1 Å². The van der Waals surface area contributed by atoms with Gasteiger partial charge in [0.15, 0.2) is 0 Å². The first-order chi connectivity index (χ1) is 10.3. The molecular weight excluding hydrogens is 328 g/mol. The van der Waals surface area contributed by atoms with Crippen LogP contribution >= 0.6 is 15.9 Å². The summed E-state index contributed by atoms with van der Waals surface area (Å²) in [6, 6.07) is 12.2. The summed E-state index contributed by atoms with van der Waals surface area (Å²) < 4.78 is 6.68. The summed E-state index contributed by atoms with van der Waals surface area (Å²) in [7, 11) is 0. The van der Waals surface area contributed by atoms with E-state index in [2.05, 4.69) is 45.3 Å². The molecule has 2 heterocycles. The first-order valence-electron chi connectivity index (χ1n) is 7.11. The second-order valence-electron chi connectivity index (χ2n) is 4.94. The second kappa shape index (κ2) is 6.41. The van der Waals surface area contributed by atoms with Crippen molar-refractivity contribution < 1.29 is 4.42 Å². The maximum absolute atomic E-state index is 5.70. The summed E-state index contributed by atoms with van der Waals surface area (Å²) in [5.74, 6) is 0.903. The fourth-order valence-electron chi connectivity index (χ4n) is 2.51. The summed E-state index contributed by atoms with van der Waals surface area (Å²) in [6.45, 7) is 3.08. The zero-order chi connectivity index (χ0) is 14.7. The number of fused-ring (bicyclic) bond motifs is 1. The molecule has 1 unspecified atom stereocenters. The van der Waals surface area contributed by atoms with Crippen molar-refractivity contribution in [2.75, 3.05) is 6.54 Å². The van der Waals surface area contributed by atoms with Crippen molar-refractivity contribution in [3.8, 4) is 0 Å². The van der Waals surface area contributed by atoms with E-state index < -0.39 is 0 Å². The van der Waals surface area contributed by atoms with E-state index in [1.54, 1.807) is 6.26 Å². The molecule has 0 aliphatic carbocycles. The maximum atomic E-state index is 5.70. The van der Waals surface area contributed by atoms with Gasteiger partial charge in [-0.2, -0.15) is 0 Å². The fourth-order valence-corrected chi connectivity index (χ4v) is 2.94. The summed E-state index contributed by atoms with van der Waals surface area (Å²) in [4.78, 5) is 4.44. The highest BCUT2D eigenvalue weighted by molar-refractivity contribution is 9.10. The normalized spacial score (nSPS) is 12.7. The molecule has 0 aliphatic heterocycles. The zero-order valence-corrected chi connectivity index (χ0v) is 13.4. The van der Waals surface area contributed by atoms with Crippen LogP contribution in [0.3, 0.4) is 0 Å². The lowest BCUT2D eigenvalue weighted by molar-refractivity contribution is 0.445. The van der Waals surface area contributed by atoms with E-state index in [4.69, 9.17) is 4.42 Å². The molecule has 0 radical (unpaired) electrons. The minimum absolute atomic E-state index is 0.0159. The van der Waals surface area contributed by atoms with Crippen LogP contribution in [0.1, 0.15) is 30.7 Å². The van der Waals surface area contributed by atoms with Gasteiger partial charge < -0.3 is 9.73 Å². The van der Waals surface area contributed by atoms with Crippen LogP contribution in [0.5, 0.6) is 0 Å². The fraction of sp³-hybridized carbons (Fsp3) is 0.235. The molecular formula is C17H17BrN2O. The molecule has 0 spiro atoms. The van der Waals surface area contributed by atoms with Gasteiger partial charge in [0.25, 0.3) is 0 Å². The highest BCUT2D eigenvalue weighted by Gasteiger charge is 2.21. The molecule has 21 heavy (non-hydrogen) atoms. The average Bonchev–Trinajstić information content (AvgIpc) is 2.94. The van der Waals surface area contributed by atoms with E-state index >= 15 is 0 Å². The van der Waals surface area contributed by atoms with E-state index in [9.17, 15) is 0 Å². The summed E-state index contributed by atoms with van der Waals surface area (Å²) in [5.41, 5.74) is 2.19. The predicted octanol–water partition coefficient (Wildman–Crippen LogP) is 4.68. The van der Waals surface area contributed by atoms with Crippen LogP contribution in [0.4, 0.5) is 0 Å². The molecule has 2 aromatic heterocycles. The Kier molecular flexibility index (Phi) is 4.36. The van der Waals surface area contributed by atoms with Crippen molar-refractivity contribution >= 4 is 26.8 Å². The third-order valence-electron chi connectivity index (χ3n) is 3.50. The van der Waals surface area contributed by atoms with Crippen molar-refractivity contribution in [1.82, 2.24) is 10.3 Å². The number of hydrogen-bond acceptors (Lipinski definition) is 3. The van der Waals surface area contributed by atoms with Crippen LogP contribution in [-0.2, 0) is 0 Å². The third kappa shape index (κ3) is 2.87. The van der Waals surface area contributed by atoms with E-state index in [-0.39, 0.29) is 6.04 Å². The molecule has 0 saturated carbocycles. The molecule has 0 bridgehead atoms. The Morgan fingerprint density at radius 1 is 1.24 bits per heavy atom. The molecule has 1 atom stereocenters. The highest BCUT2D eigenvalue weighted by Crippen LogP contribution is 2.32. The summed E-state index contributed by atoms with van der Waals surface area (Å²) in [6.07, 6.45) is 4.64. The number of nitrogens with one attached hydrogen (secondary N) is 1. The molecule has 1 N–H and O–H groups in total. The van der Waals surface area contributed by atoms with Gasteiger partial charge >= 0.3 is 0 Å². The van der Waals surface area contributed by atoms with Crippen LogP contribution in [0.25, 0.3) is 10.9 Å². The maximum Gasteiger partial charge on any atom is 0.139 e. The van der Waals surface area contributed by atoms with Gasteiger partial charge in [-0.15, -0.1) is 0 Å². The number of para-hydroxylation sites is 1. The van der Waals surface area contributed by atoms with Crippen LogP contribution in [0, 0.1) is 0 Å². The quantitative estimate of drug-likeness (QED) is 0.730. The number of rotatable bonds is 5. The molecule has 3 aromatic rings. The molecule has 0 amide bonds. The van der Waals surface area contributed by atoms with Gasteiger partial charge in [0.2, 0.25) is 0 Å². The van der Waals surface area contributed by atoms with E-state index in [0.717, 1.165) is 34.1 Å². The summed E-state index contributed by atoms with van der Waals surface area (Å²) in [5, 5.41) is 4.72. The van der Waals surface area contributed by atoms with Gasteiger partial charge in [0.1, 0.15) is 5.76 Å². The second-order valence-corrected chi connectivity index (χ2v) is 5.79. The number of pyridine rings is 1. The Balaban J connectivity index is 2.12. The standard InChI is InChI=1S/C17H17BrN2O/c1-2-9-20-16(17-14(18)8-11-21-17)13-7-10-19-15-6-4-3-5-12(13)15/h3-8,10-11,16,20H,2,9H2,1H3. The molecule has 108 valence electrons. The number of aromatic nitrogens is 1. The van der Waals surface area contributed by atoms with Crippen molar-refractivity contribution in [2.24, 2.45) is 0 Å². The zero-order valence-electron chi connectivity index (χ0n) is 11.8. The molecule has 0 fully saturated rings. The molecule has 4 heteroatoms. The third-order valence-corrected chi connectivity index (χ3v) is 4.15. The van der Waals surface area contributed by atoms with Gasteiger partial charge in [-0.25, -0.2) is 0 Å². The van der Waals surface area contributed by atoms with Gasteiger partial charge in [-0.3, -0.25) is 4.98 Å². The Hall–Kier alpha value is -1.65. The lowest BCUT2D eigenvalue weighted by Gasteiger charge is -2.19. The van der Waals surface area contributed by atoms with Crippen LogP contribution in [-0.4, -0.2) is 11.5 Å². The Morgan fingerprint density at radius 2 is 2.10 bits per heavy atom. The van der Waals surface area contributed by atoms with Crippen molar-refractivity contribution in [3.05, 3.63) is 64.7 Å². The molecule has 1 aromatic carbocycles. The number of halogens is 1. The Morgan fingerprint density at radius 3 is 2.86 bits per heavy atom. The average molecular weight is 345 g/mol. The monoisotopic (exact) mass is 344 g/mol. The van der Waals surface area contributed by atoms with Crippen LogP contribution < -0.4 is 5.32 Å². The van der Waals surface area contributed by atoms with E-state index in [1.165, 1.54) is 5.56 Å². The SMILES string of the molecule is CCCNC(c1occc1Br)c1ccnc2ccccc12. The van der Waals surface area contributed by atoms with Gasteiger partial charge in [-0.1, -0.05) is 25.1 Å². The molecule has 0 saturated heterocycles. The van der Waals surface area contributed by atoms with E-state index in [0.29, 0.717) is 0 Å². The number of hydrogen-bond donors (Lipinski definition) is 1. The lowest BCUT2D eigenvalue weighted by atomic mass is 10.00. The number of benzene rings is 1. The van der Waals surface area contributed by atoms with Gasteiger partial charge in [0.05, 0.1) is 22.3 Å². The van der Waals surface area contributed by atoms with Crippen LogP contribution in [0.15, 0.2) is 57.7 Å². The smallest absolute Gasteiger partial charge is 0.139 e. The molecule has 3 rings (SSSR count).